The normalized spacial score (nSPS) is 23.7. The van der Waals surface area contributed by atoms with Gasteiger partial charge in [-0.1, -0.05) is 226 Å². The third-order valence-corrected chi connectivity index (χ3v) is 14.4. The Kier molecular flexibility index (Phi) is 38.2. The van der Waals surface area contributed by atoms with Crippen LogP contribution in [0.25, 0.3) is 0 Å². The van der Waals surface area contributed by atoms with Crippen molar-refractivity contribution in [1.29, 1.82) is 0 Å². The van der Waals surface area contributed by atoms with E-state index in [0.717, 1.165) is 51.4 Å². The first-order chi connectivity index (χ1) is 31.7. The zero-order valence-corrected chi connectivity index (χ0v) is 42.2. The average Bonchev–Trinajstić information content (AvgIpc) is 3.30. The van der Waals surface area contributed by atoms with Gasteiger partial charge in [0.15, 0.2) is 0 Å². The van der Waals surface area contributed by atoms with Gasteiger partial charge in [-0.2, -0.15) is 0 Å². The van der Waals surface area contributed by atoms with Crippen molar-refractivity contribution in [3.05, 3.63) is 0 Å². The first kappa shape index (κ1) is 63.2. The molecule has 0 aromatic heterocycles. The highest BCUT2D eigenvalue weighted by molar-refractivity contribution is 7.47. The number of aliphatic hydroxyl groups is 9. The summed E-state index contributed by atoms with van der Waals surface area (Å²) in [5.74, 6) is -1.23. The van der Waals surface area contributed by atoms with Gasteiger partial charge in [0.05, 0.1) is 18.8 Å². The number of rotatable bonds is 45. The molecule has 10 N–H and O–H groups in total. The molecular weight excluding hydrogens is 870 g/mol. The van der Waals surface area contributed by atoms with Crippen molar-refractivity contribution >= 4 is 13.7 Å². The lowest BCUT2D eigenvalue weighted by molar-refractivity contribution is -0.233. The van der Waals surface area contributed by atoms with E-state index >= 15 is 0 Å². The second-order valence-electron chi connectivity index (χ2n) is 19.4. The molecular formula is C50H99NO14P-. The fraction of sp³-hybridized carbons (Fsp3) is 0.980. The minimum atomic E-state index is -5.31. The lowest BCUT2D eigenvalue weighted by Gasteiger charge is -2.41. The van der Waals surface area contributed by atoms with Crippen LogP contribution in [0.5, 0.6) is 0 Å². The molecule has 394 valence electrons. The van der Waals surface area contributed by atoms with E-state index in [1.54, 1.807) is 0 Å². The molecule has 66 heavy (non-hydrogen) atoms. The van der Waals surface area contributed by atoms with Gasteiger partial charge in [0.1, 0.15) is 54.9 Å². The zero-order valence-electron chi connectivity index (χ0n) is 41.3. The van der Waals surface area contributed by atoms with Crippen molar-refractivity contribution in [2.75, 3.05) is 6.61 Å². The molecule has 1 saturated carbocycles. The first-order valence-corrected chi connectivity index (χ1v) is 28.2. The lowest BCUT2D eigenvalue weighted by Crippen LogP contribution is -2.64. The summed E-state index contributed by atoms with van der Waals surface area (Å²) in [6.45, 7) is 3.44. The summed E-state index contributed by atoms with van der Waals surface area (Å²) in [6.07, 6.45) is 20.1. The van der Waals surface area contributed by atoms with Gasteiger partial charge < -0.3 is 56.0 Å². The number of aliphatic imine (C=N–C) groups is 1. The van der Waals surface area contributed by atoms with Crippen molar-refractivity contribution < 1.29 is 69.6 Å². The first-order valence-electron chi connectivity index (χ1n) is 26.7. The molecule has 16 heteroatoms. The van der Waals surface area contributed by atoms with E-state index in [2.05, 4.69) is 18.8 Å². The molecule has 1 rings (SSSR count). The van der Waals surface area contributed by atoms with Crippen LogP contribution in [0.1, 0.15) is 239 Å². The topological polar surface area (TPSA) is 273 Å². The third-order valence-electron chi connectivity index (χ3n) is 13.4. The lowest BCUT2D eigenvalue weighted by atomic mass is 9.85. The Morgan fingerprint density at radius 3 is 1.11 bits per heavy atom. The molecule has 1 fully saturated rings. The summed E-state index contributed by atoms with van der Waals surface area (Å²) in [5.41, 5.74) is 0. The van der Waals surface area contributed by atoms with E-state index in [1.165, 1.54) is 148 Å². The largest absolute Gasteiger partial charge is 0.860 e. The fourth-order valence-electron chi connectivity index (χ4n) is 8.86. The predicted octanol–water partition coefficient (Wildman–Crippen LogP) is 7.57. The SMILES string of the molecule is CCCCCCCCCCCCCCCCCCCCCCC[C@@H](O)[C@H](O)C([O-])=N[C@@H](COP(=O)(O)OC1[C@H](O)[C@H](O)C(O)[C@H](O)[C@H]1O)[C@H](O)[C@@H](O)CCCCCCCCCCCCCC. The molecule has 0 aromatic rings. The number of unbranched alkanes of at least 4 members (excludes halogenated alkanes) is 31. The summed E-state index contributed by atoms with van der Waals surface area (Å²) in [4.78, 5) is 14.3. The highest BCUT2D eigenvalue weighted by Crippen LogP contribution is 2.47. The Labute approximate surface area is 399 Å². The second kappa shape index (κ2) is 39.9. The molecule has 0 aliphatic heterocycles. The smallest absolute Gasteiger partial charge is 0.472 e. The minimum Gasteiger partial charge on any atom is -0.860 e. The summed E-state index contributed by atoms with van der Waals surface area (Å²) in [6, 6.07) is -1.72. The van der Waals surface area contributed by atoms with Crippen molar-refractivity contribution in [3.8, 4) is 0 Å². The van der Waals surface area contributed by atoms with Crippen LogP contribution < -0.4 is 5.11 Å². The van der Waals surface area contributed by atoms with E-state index in [-0.39, 0.29) is 12.8 Å². The maximum absolute atomic E-state index is 13.1. The Hall–Kier alpha value is -0.780. The van der Waals surface area contributed by atoms with Gasteiger partial charge in [-0.05, 0) is 18.7 Å². The Bertz CT molecular complexity index is 1190. The Morgan fingerprint density at radius 1 is 0.485 bits per heavy atom. The van der Waals surface area contributed by atoms with Gasteiger partial charge >= 0.3 is 7.82 Å². The molecule has 15 nitrogen and oxygen atoms in total. The molecule has 0 heterocycles. The van der Waals surface area contributed by atoms with Crippen molar-refractivity contribution in [2.45, 2.75) is 306 Å². The predicted molar refractivity (Wildman–Crippen MR) is 259 cm³/mol. The number of phosphoric acid groups is 1. The number of aliphatic hydroxyl groups excluding tert-OH is 9. The van der Waals surface area contributed by atoms with Gasteiger partial charge in [-0.3, -0.25) is 14.0 Å². The zero-order chi connectivity index (χ0) is 49.0. The molecule has 3 unspecified atom stereocenters. The number of hydrogen-bond donors (Lipinski definition) is 10. The van der Waals surface area contributed by atoms with Crippen molar-refractivity contribution in [1.82, 2.24) is 0 Å². The van der Waals surface area contributed by atoms with E-state index in [1.807, 2.05) is 0 Å². The average molecular weight is 969 g/mol. The van der Waals surface area contributed by atoms with Gasteiger partial charge in [0.25, 0.3) is 0 Å². The van der Waals surface area contributed by atoms with Crippen LogP contribution >= 0.6 is 7.82 Å². The second-order valence-corrected chi connectivity index (χ2v) is 20.8. The monoisotopic (exact) mass is 969 g/mol. The van der Waals surface area contributed by atoms with E-state index in [4.69, 9.17) is 9.05 Å². The molecule has 0 amide bonds. The maximum Gasteiger partial charge on any atom is 0.472 e. The molecule has 0 spiro atoms. The Morgan fingerprint density at radius 2 is 0.773 bits per heavy atom. The molecule has 0 saturated heterocycles. The molecule has 0 radical (unpaired) electrons. The van der Waals surface area contributed by atoms with Crippen molar-refractivity contribution in [2.24, 2.45) is 4.99 Å². The Balaban J connectivity index is 2.55. The van der Waals surface area contributed by atoms with Gasteiger partial charge in [0, 0.05) is 0 Å². The van der Waals surface area contributed by atoms with Crippen LogP contribution in [-0.2, 0) is 13.6 Å². The van der Waals surface area contributed by atoms with Crippen LogP contribution in [0.3, 0.4) is 0 Å². The standard InChI is InChI=1S/C50H100NO14P/c1-3-5-7-9-11-13-15-17-18-19-20-21-22-23-24-25-27-29-31-33-35-37-41(53)43(55)50(61)51-39(38-64-66(62,63)65-49-47(59)45(57)44(56)46(58)48(49)60)42(54)40(52)36-34-32-30-28-26-16-14-12-10-8-6-4-2/h39-49,52-60H,3-38H2,1-2H3,(H,51,61)(H,62,63)/p-1/t39-,40-,41+,42-,43-,44?,45-,46+,47+,48+,49?/m0/s1. The minimum absolute atomic E-state index is 0.106. The van der Waals surface area contributed by atoms with Crippen LogP contribution in [0.15, 0.2) is 4.99 Å². The van der Waals surface area contributed by atoms with E-state index < -0.39 is 87.4 Å². The number of hydrogen-bond acceptors (Lipinski definition) is 14. The summed E-state index contributed by atoms with van der Waals surface area (Å²) >= 11 is 0. The molecule has 1 aliphatic rings. The van der Waals surface area contributed by atoms with Gasteiger partial charge in [-0.25, -0.2) is 4.57 Å². The molecule has 0 aromatic carbocycles. The summed E-state index contributed by atoms with van der Waals surface area (Å²) < 4.78 is 22.8. The van der Waals surface area contributed by atoms with Gasteiger partial charge in [0.2, 0.25) is 0 Å². The van der Waals surface area contributed by atoms with Crippen LogP contribution in [0, 0.1) is 0 Å². The summed E-state index contributed by atoms with van der Waals surface area (Å²) in [5, 5.41) is 107. The number of phosphoric ester groups is 1. The van der Waals surface area contributed by atoms with Crippen molar-refractivity contribution in [3.63, 3.8) is 0 Å². The van der Waals surface area contributed by atoms with Crippen LogP contribution in [0.4, 0.5) is 0 Å². The third kappa shape index (κ3) is 29.4. The summed E-state index contributed by atoms with van der Waals surface area (Å²) in [7, 11) is -5.31. The van der Waals surface area contributed by atoms with E-state index in [0.29, 0.717) is 12.8 Å². The highest BCUT2D eigenvalue weighted by Gasteiger charge is 2.51. The fourth-order valence-corrected chi connectivity index (χ4v) is 9.82. The molecule has 0 bridgehead atoms. The van der Waals surface area contributed by atoms with Crippen LogP contribution in [-0.4, -0.2) is 130 Å². The molecule has 1 aliphatic carbocycles. The number of nitrogens with zero attached hydrogens (tertiary/aromatic N) is 1. The van der Waals surface area contributed by atoms with Gasteiger partial charge in [-0.15, -0.1) is 0 Å². The maximum atomic E-state index is 13.1. The molecule has 12 atom stereocenters. The quantitative estimate of drug-likeness (QED) is 0.0122. The van der Waals surface area contributed by atoms with E-state index in [9.17, 15) is 60.5 Å². The van der Waals surface area contributed by atoms with Crippen LogP contribution in [0.2, 0.25) is 0 Å². The highest BCUT2D eigenvalue weighted by atomic mass is 31.2.